The largest absolute Gasteiger partial charge is 0.492 e. The second-order valence-electron chi connectivity index (χ2n) is 10.2. The van der Waals surface area contributed by atoms with E-state index in [0.717, 1.165) is 46.5 Å². The van der Waals surface area contributed by atoms with Crippen molar-refractivity contribution in [2.45, 2.75) is 52.2 Å². The molecule has 0 radical (unpaired) electrons. The van der Waals surface area contributed by atoms with Crippen LogP contribution >= 0.6 is 0 Å². The van der Waals surface area contributed by atoms with E-state index in [1.165, 1.54) is 5.56 Å². The number of hydrogen-bond acceptors (Lipinski definition) is 5. The number of nitrogens with zero attached hydrogens (tertiary/aromatic N) is 1. The van der Waals surface area contributed by atoms with Crippen molar-refractivity contribution in [3.05, 3.63) is 76.9 Å². The third-order valence-corrected chi connectivity index (χ3v) is 7.31. The Hall–Kier alpha value is -4.00. The number of benzene rings is 3. The van der Waals surface area contributed by atoms with E-state index in [-0.39, 0.29) is 24.3 Å². The van der Waals surface area contributed by atoms with Crippen molar-refractivity contribution in [2.24, 2.45) is 0 Å². The molecule has 0 spiro atoms. The molecule has 1 saturated heterocycles. The molecule has 5 rings (SSSR count). The quantitative estimate of drug-likeness (QED) is 0.426. The van der Waals surface area contributed by atoms with Crippen LogP contribution in [0, 0.1) is 13.8 Å². The zero-order valence-electron chi connectivity index (χ0n) is 22.0. The molecule has 2 aliphatic heterocycles. The highest BCUT2D eigenvalue weighted by molar-refractivity contribution is 5.74. The topological polar surface area (TPSA) is 85.3 Å². The van der Waals surface area contributed by atoms with Crippen molar-refractivity contribution >= 4 is 11.9 Å². The van der Waals surface area contributed by atoms with E-state index >= 15 is 0 Å². The van der Waals surface area contributed by atoms with Gasteiger partial charge in [-0.3, -0.25) is 9.59 Å². The molecule has 2 unspecified atom stereocenters. The number of hydrogen-bond donors (Lipinski definition) is 1. The number of fused-ring (bicyclic) bond motifs is 1. The number of rotatable bonds is 8. The van der Waals surface area contributed by atoms with E-state index in [4.69, 9.17) is 19.3 Å². The Kier molecular flexibility index (Phi) is 7.27. The summed E-state index contributed by atoms with van der Waals surface area (Å²) in [4.78, 5) is 24.5. The lowest BCUT2D eigenvalue weighted by Gasteiger charge is -2.18. The molecule has 3 aromatic carbocycles. The van der Waals surface area contributed by atoms with E-state index in [9.17, 15) is 9.59 Å². The molecule has 0 aromatic heterocycles. The van der Waals surface area contributed by atoms with E-state index in [0.29, 0.717) is 31.3 Å². The fourth-order valence-electron chi connectivity index (χ4n) is 5.46. The van der Waals surface area contributed by atoms with Crippen molar-refractivity contribution in [1.82, 2.24) is 4.90 Å². The van der Waals surface area contributed by atoms with Crippen LogP contribution in [0.1, 0.15) is 47.9 Å². The maximum atomic E-state index is 11.6. The lowest BCUT2D eigenvalue weighted by Crippen LogP contribution is -2.28. The first-order chi connectivity index (χ1) is 18.3. The predicted molar refractivity (Wildman–Crippen MR) is 144 cm³/mol. The Morgan fingerprint density at radius 2 is 1.84 bits per heavy atom. The molecular formula is C31H33NO6. The number of carbonyl (C=O) groups excluding carboxylic acids is 1. The maximum Gasteiger partial charge on any atom is 0.304 e. The predicted octanol–water partition coefficient (Wildman–Crippen LogP) is 5.50. The van der Waals surface area contributed by atoms with Crippen LogP contribution in [-0.2, 0) is 16.2 Å². The molecular weight excluding hydrogens is 482 g/mol. The Bertz CT molecular complexity index is 1340. The zero-order chi connectivity index (χ0) is 26.8. The van der Waals surface area contributed by atoms with Crippen LogP contribution in [0.25, 0.3) is 11.1 Å². The first-order valence-electron chi connectivity index (χ1n) is 13.0. The van der Waals surface area contributed by atoms with Gasteiger partial charge in [0.1, 0.15) is 30.0 Å². The minimum atomic E-state index is -0.825. The lowest BCUT2D eigenvalue weighted by atomic mass is 9.94. The highest BCUT2D eigenvalue weighted by Crippen LogP contribution is 2.38. The van der Waals surface area contributed by atoms with Gasteiger partial charge in [-0.25, -0.2) is 0 Å². The second-order valence-corrected chi connectivity index (χ2v) is 10.2. The minimum absolute atomic E-state index is 0.0247. The third kappa shape index (κ3) is 5.62. The fourth-order valence-corrected chi connectivity index (χ4v) is 5.46. The van der Waals surface area contributed by atoms with E-state index in [1.807, 2.05) is 35.2 Å². The van der Waals surface area contributed by atoms with Gasteiger partial charge in [-0.05, 0) is 65.9 Å². The summed E-state index contributed by atoms with van der Waals surface area (Å²) in [7, 11) is 0. The Morgan fingerprint density at radius 1 is 1.05 bits per heavy atom. The van der Waals surface area contributed by atoms with E-state index < -0.39 is 5.97 Å². The van der Waals surface area contributed by atoms with Gasteiger partial charge in [-0.2, -0.15) is 0 Å². The number of carboxylic acids is 1. The molecule has 0 saturated carbocycles. The first-order valence-corrected chi connectivity index (χ1v) is 13.0. The smallest absolute Gasteiger partial charge is 0.304 e. The van der Waals surface area contributed by atoms with E-state index in [2.05, 4.69) is 38.1 Å². The summed E-state index contributed by atoms with van der Waals surface area (Å²) in [5.74, 6) is 1.37. The van der Waals surface area contributed by atoms with Gasteiger partial charge in [0.2, 0.25) is 5.91 Å². The van der Waals surface area contributed by atoms with Gasteiger partial charge < -0.3 is 24.2 Å². The van der Waals surface area contributed by atoms with Gasteiger partial charge in [0.25, 0.3) is 0 Å². The van der Waals surface area contributed by atoms with Crippen molar-refractivity contribution < 1.29 is 28.9 Å². The first kappa shape index (κ1) is 25.6. The average Bonchev–Trinajstić information content (AvgIpc) is 3.49. The summed E-state index contributed by atoms with van der Waals surface area (Å²) in [5, 5.41) is 9.10. The molecule has 198 valence electrons. The van der Waals surface area contributed by atoms with Crippen LogP contribution in [0.15, 0.2) is 54.6 Å². The van der Waals surface area contributed by atoms with Crippen LogP contribution in [0.5, 0.6) is 17.2 Å². The number of amides is 1. The van der Waals surface area contributed by atoms with E-state index in [1.54, 1.807) is 6.92 Å². The van der Waals surface area contributed by atoms with Crippen LogP contribution in [0.2, 0.25) is 0 Å². The summed E-state index contributed by atoms with van der Waals surface area (Å²) in [6, 6.07) is 18.1. The molecule has 2 atom stereocenters. The molecule has 2 heterocycles. The summed E-state index contributed by atoms with van der Waals surface area (Å²) < 4.78 is 18.0. The van der Waals surface area contributed by atoms with Crippen molar-refractivity contribution in [1.29, 1.82) is 0 Å². The van der Waals surface area contributed by atoms with Crippen LogP contribution in [0.4, 0.5) is 0 Å². The number of likely N-dealkylation sites (tertiary alicyclic amines) is 1. The molecule has 1 fully saturated rings. The molecule has 1 amide bonds. The molecule has 0 bridgehead atoms. The maximum absolute atomic E-state index is 11.6. The Labute approximate surface area is 222 Å². The second kappa shape index (κ2) is 10.8. The van der Waals surface area contributed by atoms with Gasteiger partial charge >= 0.3 is 5.97 Å². The van der Waals surface area contributed by atoms with Gasteiger partial charge in [0.15, 0.2) is 0 Å². The number of aliphatic carboxylic acids is 1. The Morgan fingerprint density at radius 3 is 2.55 bits per heavy atom. The summed E-state index contributed by atoms with van der Waals surface area (Å²) in [5.41, 5.74) is 6.51. The van der Waals surface area contributed by atoms with Gasteiger partial charge in [-0.1, -0.05) is 24.3 Å². The molecule has 7 nitrogen and oxygen atoms in total. The monoisotopic (exact) mass is 515 g/mol. The standard InChI is InChI=1S/C31H33NO6/c1-19-11-27(38-26-9-10-32(16-26)21(3)33)12-20(2)31(19)23-6-4-5-22(13-23)17-36-25-7-8-28-24(14-30(34)35)18-37-29(28)15-25/h4-8,11-13,15,24,26H,9-10,14,16-18H2,1-3H3,(H,34,35). The highest BCUT2D eigenvalue weighted by Gasteiger charge is 2.27. The highest BCUT2D eigenvalue weighted by atomic mass is 16.5. The number of aryl methyl sites for hydroxylation is 2. The normalized spacial score (nSPS) is 18.1. The molecule has 3 aromatic rings. The number of carbonyl (C=O) groups is 2. The fraction of sp³-hybridized carbons (Fsp3) is 0.355. The third-order valence-electron chi connectivity index (χ3n) is 7.31. The lowest BCUT2D eigenvalue weighted by molar-refractivity contribution is -0.137. The summed E-state index contributed by atoms with van der Waals surface area (Å²) in [6.07, 6.45) is 0.933. The molecule has 1 N–H and O–H groups in total. The van der Waals surface area contributed by atoms with Crippen molar-refractivity contribution in [2.75, 3.05) is 19.7 Å². The SMILES string of the molecule is CC(=O)N1CCC(Oc2cc(C)c(-c3cccc(COc4ccc5c(c4)OCC5CC(=O)O)c3)c(C)c2)C1. The van der Waals surface area contributed by atoms with Gasteiger partial charge in [-0.15, -0.1) is 0 Å². The van der Waals surface area contributed by atoms with Crippen LogP contribution in [-0.4, -0.2) is 47.7 Å². The summed E-state index contributed by atoms with van der Waals surface area (Å²) >= 11 is 0. The molecule has 0 aliphatic carbocycles. The van der Waals surface area contributed by atoms with Crippen molar-refractivity contribution in [3.63, 3.8) is 0 Å². The molecule has 7 heteroatoms. The van der Waals surface area contributed by atoms with Crippen LogP contribution in [0.3, 0.4) is 0 Å². The number of ether oxygens (including phenoxy) is 3. The number of carboxylic acid groups (broad SMARTS) is 1. The molecule has 2 aliphatic rings. The van der Waals surface area contributed by atoms with Gasteiger partial charge in [0, 0.05) is 37.4 Å². The molecule has 38 heavy (non-hydrogen) atoms. The zero-order valence-corrected chi connectivity index (χ0v) is 22.0. The van der Waals surface area contributed by atoms with Crippen molar-refractivity contribution in [3.8, 4) is 28.4 Å². The average molecular weight is 516 g/mol. The van der Waals surface area contributed by atoms with Gasteiger partial charge in [0.05, 0.1) is 19.6 Å². The summed E-state index contributed by atoms with van der Waals surface area (Å²) in [6.45, 7) is 7.95. The van der Waals surface area contributed by atoms with Crippen LogP contribution < -0.4 is 14.2 Å². The minimum Gasteiger partial charge on any atom is -0.492 e. The Balaban J connectivity index is 1.26.